The number of ether oxygens (including phenoxy) is 1. The van der Waals surface area contributed by atoms with Crippen molar-refractivity contribution >= 4 is 46.3 Å². The number of carbonyl (C=O) groups is 1. The molecule has 186 valence electrons. The van der Waals surface area contributed by atoms with Crippen LogP contribution in [-0.4, -0.2) is 44.7 Å². The Morgan fingerprint density at radius 3 is 2.51 bits per heavy atom. The zero-order chi connectivity index (χ0) is 24.5. The number of fused-ring (bicyclic) bond motifs is 1. The molecular weight excluding hydrogens is 480 g/mol. The average Bonchev–Trinajstić information content (AvgIpc) is 3.20. The van der Waals surface area contributed by atoms with Crippen molar-refractivity contribution in [3.63, 3.8) is 0 Å². The zero-order valence-corrected chi connectivity index (χ0v) is 19.7. The lowest BCUT2D eigenvalue weighted by Gasteiger charge is -2.29. The van der Waals surface area contributed by atoms with Gasteiger partial charge in [-0.2, -0.15) is 4.98 Å². The minimum Gasteiger partial charge on any atom is -0.381 e. The summed E-state index contributed by atoms with van der Waals surface area (Å²) in [6.07, 6.45) is 6.01. The van der Waals surface area contributed by atoms with Crippen molar-refractivity contribution in [1.82, 2.24) is 19.5 Å². The monoisotopic (exact) mass is 505 g/mol. The van der Waals surface area contributed by atoms with Crippen LogP contribution >= 0.6 is 11.6 Å². The third kappa shape index (κ3) is 5.01. The Morgan fingerprint density at radius 1 is 1.09 bits per heavy atom. The molecule has 1 aliphatic carbocycles. The molecule has 3 heterocycles. The number of nitrogens with zero attached hydrogens (tertiary/aromatic N) is 4. The van der Waals surface area contributed by atoms with Crippen molar-refractivity contribution in [1.29, 1.82) is 0 Å². The van der Waals surface area contributed by atoms with E-state index in [9.17, 15) is 13.6 Å². The van der Waals surface area contributed by atoms with E-state index in [0.29, 0.717) is 62.0 Å². The molecule has 9 nitrogen and oxygen atoms in total. The van der Waals surface area contributed by atoms with E-state index in [1.165, 1.54) is 0 Å². The number of hydrogen-bond donors (Lipinski definition) is 3. The molecule has 0 radical (unpaired) electrons. The number of primary amides is 1. The van der Waals surface area contributed by atoms with Crippen LogP contribution in [0.5, 0.6) is 0 Å². The van der Waals surface area contributed by atoms with Crippen LogP contribution in [0.25, 0.3) is 11.2 Å². The summed E-state index contributed by atoms with van der Waals surface area (Å²) in [6.45, 7) is 1.37. The van der Waals surface area contributed by atoms with Crippen molar-refractivity contribution < 1.29 is 18.3 Å². The Hall–Kier alpha value is -3.05. The van der Waals surface area contributed by atoms with Crippen LogP contribution in [0.3, 0.4) is 0 Å². The lowest BCUT2D eigenvalue weighted by atomic mass is 9.85. The number of aromatic nitrogens is 4. The van der Waals surface area contributed by atoms with Crippen molar-refractivity contribution in [3.05, 3.63) is 35.0 Å². The number of nitrogens with two attached hydrogens (primary N) is 1. The summed E-state index contributed by atoms with van der Waals surface area (Å²) in [4.78, 5) is 25.5. The Labute approximate surface area is 205 Å². The Balaban J connectivity index is 1.51. The van der Waals surface area contributed by atoms with Crippen LogP contribution < -0.4 is 16.4 Å². The maximum absolute atomic E-state index is 13.9. The quantitative estimate of drug-likeness (QED) is 0.427. The van der Waals surface area contributed by atoms with E-state index in [1.807, 2.05) is 4.57 Å². The summed E-state index contributed by atoms with van der Waals surface area (Å²) in [5.41, 5.74) is 6.84. The lowest BCUT2D eigenvalue weighted by Crippen LogP contribution is -2.29. The van der Waals surface area contributed by atoms with Gasteiger partial charge in [0.05, 0.1) is 16.9 Å². The normalized spacial score (nSPS) is 21.2. The summed E-state index contributed by atoms with van der Waals surface area (Å²) in [6, 6.07) is 2.09. The van der Waals surface area contributed by atoms with Gasteiger partial charge in [-0.05, 0) is 44.6 Å². The third-order valence-electron chi connectivity index (χ3n) is 6.71. The van der Waals surface area contributed by atoms with Gasteiger partial charge in [-0.1, -0.05) is 11.6 Å². The first kappa shape index (κ1) is 23.7. The van der Waals surface area contributed by atoms with Gasteiger partial charge in [0.1, 0.15) is 5.52 Å². The second-order valence-corrected chi connectivity index (χ2v) is 9.43. The number of amides is 1. The first-order valence-electron chi connectivity index (χ1n) is 11.7. The third-order valence-corrected chi connectivity index (χ3v) is 7.02. The van der Waals surface area contributed by atoms with Crippen LogP contribution in [0.15, 0.2) is 18.3 Å². The molecule has 3 aromatic rings. The van der Waals surface area contributed by atoms with Crippen molar-refractivity contribution in [3.8, 4) is 0 Å². The van der Waals surface area contributed by atoms with Crippen LogP contribution in [0.1, 0.15) is 44.6 Å². The summed E-state index contributed by atoms with van der Waals surface area (Å²) in [5.74, 6) is -1.66. The molecule has 5 rings (SSSR count). The number of imidazole rings is 1. The van der Waals surface area contributed by atoms with Crippen LogP contribution in [-0.2, 0) is 9.53 Å². The largest absolute Gasteiger partial charge is 0.381 e. The van der Waals surface area contributed by atoms with Gasteiger partial charge in [0.15, 0.2) is 17.3 Å². The molecular formula is C23H26ClF2N7O2. The number of carbonyl (C=O) groups excluding carboxylic acids is 1. The number of rotatable bonds is 6. The van der Waals surface area contributed by atoms with Crippen LogP contribution in [0.4, 0.5) is 26.4 Å². The van der Waals surface area contributed by atoms with Crippen LogP contribution in [0, 0.1) is 17.6 Å². The molecule has 2 fully saturated rings. The van der Waals surface area contributed by atoms with Crippen molar-refractivity contribution in [2.45, 2.75) is 50.6 Å². The van der Waals surface area contributed by atoms with Crippen LogP contribution in [0.2, 0.25) is 5.02 Å². The van der Waals surface area contributed by atoms with Gasteiger partial charge in [0.2, 0.25) is 17.8 Å². The number of anilines is 3. The molecule has 12 heteroatoms. The second-order valence-electron chi connectivity index (χ2n) is 9.02. The topological polar surface area (TPSA) is 120 Å². The molecule has 1 saturated carbocycles. The van der Waals surface area contributed by atoms with E-state index < -0.39 is 11.6 Å². The molecule has 1 amide bonds. The van der Waals surface area contributed by atoms with E-state index in [2.05, 4.69) is 20.6 Å². The first-order chi connectivity index (χ1) is 16.9. The molecule has 1 aromatic carbocycles. The molecule has 4 N–H and O–H groups in total. The van der Waals surface area contributed by atoms with E-state index in [0.717, 1.165) is 25.0 Å². The number of hydrogen-bond acceptors (Lipinski definition) is 7. The minimum absolute atomic E-state index is 0.0212. The Kier molecular flexibility index (Phi) is 6.70. The van der Waals surface area contributed by atoms with Gasteiger partial charge < -0.3 is 21.1 Å². The number of nitrogens with one attached hydrogen (secondary N) is 2. The maximum Gasteiger partial charge on any atom is 0.224 e. The van der Waals surface area contributed by atoms with Gasteiger partial charge in [0, 0.05) is 37.3 Å². The number of benzene rings is 1. The summed E-state index contributed by atoms with van der Waals surface area (Å²) in [7, 11) is 0. The average molecular weight is 506 g/mol. The molecule has 0 bridgehead atoms. The molecule has 0 spiro atoms. The minimum atomic E-state index is -1.03. The summed E-state index contributed by atoms with van der Waals surface area (Å²) >= 11 is 6.17. The van der Waals surface area contributed by atoms with Crippen molar-refractivity contribution in [2.75, 3.05) is 23.8 Å². The molecule has 35 heavy (non-hydrogen) atoms. The SMILES string of the molecule is NC(=O)C1CCC(n2c(Nc3cc(F)c(F)cc3Cl)nc3cnc(NC4CCOCC4)nc32)CC1. The van der Waals surface area contributed by atoms with Gasteiger partial charge in [0.25, 0.3) is 0 Å². The van der Waals surface area contributed by atoms with Crippen molar-refractivity contribution in [2.24, 2.45) is 11.7 Å². The Morgan fingerprint density at radius 2 is 1.80 bits per heavy atom. The van der Waals surface area contributed by atoms with Gasteiger partial charge >= 0.3 is 0 Å². The highest BCUT2D eigenvalue weighted by Gasteiger charge is 2.29. The first-order valence-corrected chi connectivity index (χ1v) is 12.1. The van der Waals surface area contributed by atoms with E-state index >= 15 is 0 Å². The molecule has 2 aliphatic rings. The highest BCUT2D eigenvalue weighted by molar-refractivity contribution is 6.33. The Bertz CT molecular complexity index is 1240. The summed E-state index contributed by atoms with van der Waals surface area (Å²) in [5, 5.41) is 6.44. The fraction of sp³-hybridized carbons (Fsp3) is 0.478. The van der Waals surface area contributed by atoms with E-state index in [4.69, 9.17) is 27.1 Å². The predicted octanol–water partition coefficient (Wildman–Crippen LogP) is 4.31. The molecule has 2 aromatic heterocycles. The van der Waals surface area contributed by atoms with Gasteiger partial charge in [-0.15, -0.1) is 0 Å². The molecule has 1 saturated heterocycles. The van der Waals surface area contributed by atoms with E-state index in [-0.39, 0.29) is 34.6 Å². The summed E-state index contributed by atoms with van der Waals surface area (Å²) < 4.78 is 34.9. The number of halogens is 3. The zero-order valence-electron chi connectivity index (χ0n) is 18.9. The maximum atomic E-state index is 13.9. The molecule has 0 atom stereocenters. The molecule has 1 aliphatic heterocycles. The lowest BCUT2D eigenvalue weighted by molar-refractivity contribution is -0.122. The molecule has 0 unspecified atom stereocenters. The fourth-order valence-corrected chi connectivity index (χ4v) is 4.97. The smallest absolute Gasteiger partial charge is 0.224 e. The second kappa shape index (κ2) is 9.90. The fourth-order valence-electron chi connectivity index (χ4n) is 4.78. The standard InChI is InChI=1S/C23H26ClF2N7O2/c24-15-9-16(25)17(26)10-18(15)30-23-31-19-11-28-22(29-13-5-7-35-8-6-13)32-21(19)33(23)14-3-1-12(2-4-14)20(27)34/h9-14H,1-8H2,(H2,27,34)(H,30,31)(H,28,29,32). The highest BCUT2D eigenvalue weighted by Crippen LogP contribution is 2.38. The van der Waals surface area contributed by atoms with E-state index in [1.54, 1.807) is 6.20 Å². The van der Waals surface area contributed by atoms with Gasteiger partial charge in [-0.25, -0.2) is 18.7 Å². The highest BCUT2D eigenvalue weighted by atomic mass is 35.5. The van der Waals surface area contributed by atoms with Gasteiger partial charge in [-0.3, -0.25) is 9.36 Å². The predicted molar refractivity (Wildman–Crippen MR) is 128 cm³/mol.